The fourth-order valence-corrected chi connectivity index (χ4v) is 3.26. The molecule has 0 spiro atoms. The van der Waals surface area contributed by atoms with Gasteiger partial charge >= 0.3 is 0 Å². The molecule has 2 aliphatic heterocycles. The van der Waals surface area contributed by atoms with E-state index < -0.39 is 5.60 Å². The Morgan fingerprint density at radius 1 is 1.44 bits per heavy atom. The number of aryl methyl sites for hydroxylation is 1. The van der Waals surface area contributed by atoms with E-state index in [1.807, 2.05) is 22.8 Å². The largest absolute Gasteiger partial charge is 0.382 e. The van der Waals surface area contributed by atoms with Crippen molar-refractivity contribution in [1.82, 2.24) is 14.6 Å². The Balaban J connectivity index is 1.94. The Labute approximate surface area is 94.8 Å². The third kappa shape index (κ3) is 1.32. The lowest BCUT2D eigenvalue weighted by Crippen LogP contribution is -2.53. The molecule has 2 saturated heterocycles. The first-order valence-electron chi connectivity index (χ1n) is 5.83. The highest BCUT2D eigenvalue weighted by Crippen LogP contribution is 2.43. The molecular formula is C11H18N4O. The molecule has 1 aromatic rings. The first kappa shape index (κ1) is 10.3. The van der Waals surface area contributed by atoms with Crippen LogP contribution in [0, 0.1) is 0 Å². The van der Waals surface area contributed by atoms with Crippen molar-refractivity contribution in [3.8, 4) is 0 Å². The molecule has 5 nitrogen and oxygen atoms in total. The molecule has 0 saturated carbocycles. The average Bonchev–Trinajstić information content (AvgIpc) is 2.73. The molecule has 3 heterocycles. The number of nitrogens with two attached hydrogens (primary N) is 1. The molecule has 2 aliphatic rings. The lowest BCUT2D eigenvalue weighted by Gasteiger charge is -2.41. The molecule has 3 N–H and O–H groups in total. The molecule has 2 bridgehead atoms. The number of aromatic nitrogens is 2. The average molecular weight is 222 g/mol. The van der Waals surface area contributed by atoms with E-state index in [2.05, 4.69) is 4.98 Å². The molecule has 2 fully saturated rings. The molecule has 2 atom stereocenters. The first-order valence-corrected chi connectivity index (χ1v) is 5.83. The Morgan fingerprint density at radius 2 is 2.06 bits per heavy atom. The van der Waals surface area contributed by atoms with E-state index >= 15 is 0 Å². The van der Waals surface area contributed by atoms with Crippen molar-refractivity contribution in [2.45, 2.75) is 43.4 Å². The van der Waals surface area contributed by atoms with E-state index in [1.165, 1.54) is 0 Å². The van der Waals surface area contributed by atoms with Crippen LogP contribution >= 0.6 is 0 Å². The summed E-state index contributed by atoms with van der Waals surface area (Å²) in [6, 6.07) is 0.612. The van der Waals surface area contributed by atoms with E-state index in [1.54, 1.807) is 6.20 Å². The van der Waals surface area contributed by atoms with Gasteiger partial charge in [-0.15, -0.1) is 0 Å². The van der Waals surface area contributed by atoms with Crippen molar-refractivity contribution < 1.29 is 5.11 Å². The summed E-state index contributed by atoms with van der Waals surface area (Å²) in [6.45, 7) is 0. The summed E-state index contributed by atoms with van der Waals surface area (Å²) in [5.74, 6) is 6.77. The van der Waals surface area contributed by atoms with E-state index in [-0.39, 0.29) is 0 Å². The monoisotopic (exact) mass is 222 g/mol. The predicted molar refractivity (Wildman–Crippen MR) is 59.2 cm³/mol. The number of hydrogen-bond donors (Lipinski definition) is 2. The highest BCUT2D eigenvalue weighted by Gasteiger charge is 2.49. The molecule has 88 valence electrons. The second-order valence-corrected chi connectivity index (χ2v) is 5.13. The van der Waals surface area contributed by atoms with Crippen LogP contribution in [0.5, 0.6) is 0 Å². The van der Waals surface area contributed by atoms with E-state index in [4.69, 9.17) is 5.84 Å². The summed E-state index contributed by atoms with van der Waals surface area (Å²) in [6.07, 6.45) is 7.20. The van der Waals surface area contributed by atoms with Crippen molar-refractivity contribution in [3.63, 3.8) is 0 Å². The van der Waals surface area contributed by atoms with E-state index in [0.717, 1.165) is 18.7 Å². The van der Waals surface area contributed by atoms with Gasteiger partial charge in [0.05, 0.1) is 0 Å². The fraction of sp³-hybridized carbons (Fsp3) is 0.727. The number of imidazole rings is 1. The van der Waals surface area contributed by atoms with Crippen LogP contribution in [0.2, 0.25) is 0 Å². The Kier molecular flexibility index (Phi) is 2.11. The number of piperidine rings is 1. The van der Waals surface area contributed by atoms with Crippen LogP contribution in [0.1, 0.15) is 31.5 Å². The van der Waals surface area contributed by atoms with Crippen molar-refractivity contribution in [1.29, 1.82) is 0 Å². The van der Waals surface area contributed by atoms with Crippen LogP contribution in [0.3, 0.4) is 0 Å². The van der Waals surface area contributed by atoms with Gasteiger partial charge in [0, 0.05) is 44.4 Å². The molecule has 5 heteroatoms. The third-order valence-corrected chi connectivity index (χ3v) is 4.06. The third-order valence-electron chi connectivity index (χ3n) is 4.06. The van der Waals surface area contributed by atoms with E-state index in [0.29, 0.717) is 24.9 Å². The first-order chi connectivity index (χ1) is 7.60. The highest BCUT2D eigenvalue weighted by atomic mass is 16.3. The van der Waals surface area contributed by atoms with Crippen LogP contribution in [0.15, 0.2) is 12.4 Å². The smallest absolute Gasteiger partial charge is 0.140 e. The molecule has 2 unspecified atom stereocenters. The zero-order valence-corrected chi connectivity index (χ0v) is 9.50. The normalized spacial score (nSPS) is 39.2. The van der Waals surface area contributed by atoms with Gasteiger partial charge in [0.2, 0.25) is 0 Å². The summed E-state index contributed by atoms with van der Waals surface area (Å²) in [5, 5.41) is 12.7. The summed E-state index contributed by atoms with van der Waals surface area (Å²) in [7, 11) is 1.93. The number of hydrogen-bond acceptors (Lipinski definition) is 4. The van der Waals surface area contributed by atoms with Crippen LogP contribution in [-0.4, -0.2) is 31.8 Å². The van der Waals surface area contributed by atoms with Crippen LogP contribution in [0.25, 0.3) is 0 Å². The minimum absolute atomic E-state index is 0.306. The summed E-state index contributed by atoms with van der Waals surface area (Å²) in [5.41, 5.74) is -0.792. The predicted octanol–water partition coefficient (Wildman–Crippen LogP) is 0.108. The fourth-order valence-electron chi connectivity index (χ4n) is 3.26. The van der Waals surface area contributed by atoms with Gasteiger partial charge in [-0.1, -0.05) is 0 Å². The number of nitrogens with zero attached hydrogens (tertiary/aromatic N) is 3. The summed E-state index contributed by atoms with van der Waals surface area (Å²) in [4.78, 5) is 4.29. The summed E-state index contributed by atoms with van der Waals surface area (Å²) < 4.78 is 1.91. The highest BCUT2D eigenvalue weighted by molar-refractivity contribution is 5.11. The van der Waals surface area contributed by atoms with E-state index in [9.17, 15) is 5.11 Å². The van der Waals surface area contributed by atoms with Crippen molar-refractivity contribution in [2.24, 2.45) is 12.9 Å². The minimum atomic E-state index is -0.792. The van der Waals surface area contributed by atoms with Crippen molar-refractivity contribution >= 4 is 0 Å². The molecule has 16 heavy (non-hydrogen) atoms. The van der Waals surface area contributed by atoms with Gasteiger partial charge in [0.15, 0.2) is 0 Å². The standard InChI is InChI=1S/C11H18N4O/c1-14-5-4-13-10(14)11(16)6-8-2-3-9(7-11)15(8)12/h4-5,8-9,16H,2-3,6-7,12H2,1H3. The van der Waals surface area contributed by atoms with Gasteiger partial charge in [-0.25, -0.2) is 9.99 Å². The SMILES string of the molecule is Cn1ccnc1C1(O)CC2CCC(C1)N2N. The van der Waals surface area contributed by atoms with Gasteiger partial charge < -0.3 is 9.67 Å². The second-order valence-electron chi connectivity index (χ2n) is 5.13. The van der Waals surface area contributed by atoms with Gasteiger partial charge in [-0.05, 0) is 12.8 Å². The lowest BCUT2D eigenvalue weighted by atomic mass is 9.86. The van der Waals surface area contributed by atoms with Crippen LogP contribution < -0.4 is 5.84 Å². The number of aliphatic hydroxyl groups is 1. The molecule has 0 radical (unpaired) electrons. The van der Waals surface area contributed by atoms with Gasteiger partial charge in [0.25, 0.3) is 0 Å². The van der Waals surface area contributed by atoms with Gasteiger partial charge in [0.1, 0.15) is 11.4 Å². The van der Waals surface area contributed by atoms with Crippen molar-refractivity contribution in [2.75, 3.05) is 0 Å². The maximum Gasteiger partial charge on any atom is 0.140 e. The molecular weight excluding hydrogens is 204 g/mol. The number of rotatable bonds is 1. The molecule has 0 amide bonds. The zero-order valence-electron chi connectivity index (χ0n) is 9.50. The van der Waals surface area contributed by atoms with Crippen LogP contribution in [0.4, 0.5) is 0 Å². The Morgan fingerprint density at radius 3 is 2.56 bits per heavy atom. The quantitative estimate of drug-likeness (QED) is 0.662. The maximum absolute atomic E-state index is 10.7. The number of fused-ring (bicyclic) bond motifs is 2. The Hall–Kier alpha value is -0.910. The second kappa shape index (κ2) is 3.29. The van der Waals surface area contributed by atoms with Gasteiger partial charge in [-0.2, -0.15) is 0 Å². The van der Waals surface area contributed by atoms with Crippen molar-refractivity contribution in [3.05, 3.63) is 18.2 Å². The maximum atomic E-state index is 10.7. The Bertz CT molecular complexity index is 388. The minimum Gasteiger partial charge on any atom is -0.382 e. The topological polar surface area (TPSA) is 67.3 Å². The molecule has 0 aliphatic carbocycles. The number of hydrazine groups is 1. The van der Waals surface area contributed by atoms with Gasteiger partial charge in [-0.3, -0.25) is 5.84 Å². The zero-order chi connectivity index (χ0) is 11.3. The molecule has 3 rings (SSSR count). The molecule has 1 aromatic heterocycles. The van der Waals surface area contributed by atoms with Crippen LogP contribution in [-0.2, 0) is 12.6 Å². The molecule has 0 aromatic carbocycles. The lowest BCUT2D eigenvalue weighted by molar-refractivity contribution is -0.0650. The summed E-state index contributed by atoms with van der Waals surface area (Å²) >= 11 is 0.